The third-order valence-electron chi connectivity index (χ3n) is 3.32. The van der Waals surface area contributed by atoms with Crippen molar-refractivity contribution in [2.45, 2.75) is 64.8 Å². The molecule has 1 rings (SSSR count). The first-order chi connectivity index (χ1) is 7.86. The summed E-state index contributed by atoms with van der Waals surface area (Å²) >= 11 is 0. The van der Waals surface area contributed by atoms with Gasteiger partial charge in [-0.2, -0.15) is 0 Å². The van der Waals surface area contributed by atoms with E-state index in [1.165, 1.54) is 71.1 Å². The van der Waals surface area contributed by atoms with Crippen molar-refractivity contribution < 1.29 is 0 Å². The largest absolute Gasteiger partial charge is 0.314 e. The summed E-state index contributed by atoms with van der Waals surface area (Å²) in [5.74, 6) is 0. The fraction of sp³-hybridized carbons (Fsp3) is 1.00. The van der Waals surface area contributed by atoms with Gasteiger partial charge in [-0.15, -0.1) is 0 Å². The molecule has 0 aromatic carbocycles. The predicted octanol–water partition coefficient (Wildman–Crippen LogP) is 3.03. The van der Waals surface area contributed by atoms with Crippen LogP contribution >= 0.6 is 0 Å². The van der Waals surface area contributed by atoms with E-state index in [0.29, 0.717) is 0 Å². The first-order valence-corrected chi connectivity index (χ1v) is 7.32. The van der Waals surface area contributed by atoms with Crippen LogP contribution in [-0.2, 0) is 0 Å². The lowest BCUT2D eigenvalue weighted by Crippen LogP contribution is -2.30. The SMILES string of the molecule is CCCCN(CCCC)CCCNC1CC1. The van der Waals surface area contributed by atoms with Crippen molar-refractivity contribution in [3.8, 4) is 0 Å². The van der Waals surface area contributed by atoms with Gasteiger partial charge < -0.3 is 10.2 Å². The quantitative estimate of drug-likeness (QED) is 0.545. The van der Waals surface area contributed by atoms with Crippen molar-refractivity contribution in [1.29, 1.82) is 0 Å². The van der Waals surface area contributed by atoms with Crippen LogP contribution in [0.3, 0.4) is 0 Å². The van der Waals surface area contributed by atoms with Crippen LogP contribution in [0.15, 0.2) is 0 Å². The highest BCUT2D eigenvalue weighted by molar-refractivity contribution is 4.80. The van der Waals surface area contributed by atoms with Crippen LogP contribution in [0.4, 0.5) is 0 Å². The normalized spacial score (nSPS) is 15.9. The lowest BCUT2D eigenvalue weighted by molar-refractivity contribution is 0.261. The van der Waals surface area contributed by atoms with E-state index in [1.807, 2.05) is 0 Å². The molecule has 0 amide bonds. The topological polar surface area (TPSA) is 15.3 Å². The molecule has 2 heteroatoms. The van der Waals surface area contributed by atoms with Crippen LogP contribution in [0.25, 0.3) is 0 Å². The van der Waals surface area contributed by atoms with Crippen molar-refractivity contribution in [2.24, 2.45) is 0 Å². The van der Waals surface area contributed by atoms with Gasteiger partial charge in [-0.05, 0) is 58.3 Å². The molecule has 0 atom stereocenters. The smallest absolute Gasteiger partial charge is 0.00682 e. The van der Waals surface area contributed by atoms with Gasteiger partial charge in [0.1, 0.15) is 0 Å². The Labute approximate surface area is 102 Å². The molecule has 1 aliphatic carbocycles. The number of unbranched alkanes of at least 4 members (excludes halogenated alkanes) is 2. The summed E-state index contributed by atoms with van der Waals surface area (Å²) in [6.07, 6.45) is 9.51. The highest BCUT2D eigenvalue weighted by atomic mass is 15.1. The van der Waals surface area contributed by atoms with Crippen LogP contribution in [0.1, 0.15) is 58.8 Å². The van der Waals surface area contributed by atoms with Crippen LogP contribution < -0.4 is 5.32 Å². The van der Waals surface area contributed by atoms with E-state index >= 15 is 0 Å². The number of rotatable bonds is 11. The summed E-state index contributed by atoms with van der Waals surface area (Å²) in [5, 5.41) is 3.60. The lowest BCUT2D eigenvalue weighted by Gasteiger charge is -2.21. The molecule has 0 bridgehead atoms. The minimum atomic E-state index is 0.875. The minimum Gasteiger partial charge on any atom is -0.314 e. The molecule has 0 aliphatic heterocycles. The zero-order valence-corrected chi connectivity index (χ0v) is 11.3. The molecule has 1 N–H and O–H groups in total. The van der Waals surface area contributed by atoms with E-state index in [0.717, 1.165) is 6.04 Å². The summed E-state index contributed by atoms with van der Waals surface area (Å²) < 4.78 is 0. The summed E-state index contributed by atoms with van der Waals surface area (Å²) in [6, 6.07) is 0.875. The lowest BCUT2D eigenvalue weighted by atomic mass is 10.2. The molecule has 0 saturated heterocycles. The van der Waals surface area contributed by atoms with Gasteiger partial charge >= 0.3 is 0 Å². The van der Waals surface area contributed by atoms with E-state index < -0.39 is 0 Å². The summed E-state index contributed by atoms with van der Waals surface area (Å²) in [7, 11) is 0. The molecule has 1 saturated carbocycles. The van der Waals surface area contributed by atoms with E-state index in [1.54, 1.807) is 0 Å². The fourth-order valence-corrected chi connectivity index (χ4v) is 2.00. The highest BCUT2D eigenvalue weighted by Gasteiger charge is 2.19. The second kappa shape index (κ2) is 9.00. The van der Waals surface area contributed by atoms with Gasteiger partial charge in [0, 0.05) is 6.04 Å². The first kappa shape index (κ1) is 14.0. The molecular formula is C14H30N2. The van der Waals surface area contributed by atoms with Crippen molar-refractivity contribution in [3.63, 3.8) is 0 Å². The second-order valence-corrected chi connectivity index (χ2v) is 5.13. The zero-order chi connectivity index (χ0) is 11.6. The third kappa shape index (κ3) is 7.24. The molecule has 2 nitrogen and oxygen atoms in total. The van der Waals surface area contributed by atoms with Crippen LogP contribution in [0, 0.1) is 0 Å². The van der Waals surface area contributed by atoms with E-state index in [-0.39, 0.29) is 0 Å². The molecule has 0 unspecified atom stereocenters. The molecule has 0 aromatic rings. The van der Waals surface area contributed by atoms with Crippen LogP contribution in [0.5, 0.6) is 0 Å². The van der Waals surface area contributed by atoms with Gasteiger partial charge in [0.2, 0.25) is 0 Å². The average Bonchev–Trinajstić information content (AvgIpc) is 3.11. The fourth-order valence-electron chi connectivity index (χ4n) is 2.00. The molecule has 0 spiro atoms. The van der Waals surface area contributed by atoms with Gasteiger partial charge in [0.15, 0.2) is 0 Å². The molecule has 16 heavy (non-hydrogen) atoms. The Hall–Kier alpha value is -0.0800. The minimum absolute atomic E-state index is 0.875. The Morgan fingerprint density at radius 3 is 2.00 bits per heavy atom. The first-order valence-electron chi connectivity index (χ1n) is 7.32. The van der Waals surface area contributed by atoms with Crippen molar-refractivity contribution in [2.75, 3.05) is 26.2 Å². The maximum atomic E-state index is 3.60. The monoisotopic (exact) mass is 226 g/mol. The number of hydrogen-bond donors (Lipinski definition) is 1. The van der Waals surface area contributed by atoms with Gasteiger partial charge in [0.25, 0.3) is 0 Å². The number of nitrogens with zero attached hydrogens (tertiary/aromatic N) is 1. The average molecular weight is 226 g/mol. The molecular weight excluding hydrogens is 196 g/mol. The third-order valence-corrected chi connectivity index (χ3v) is 3.32. The second-order valence-electron chi connectivity index (χ2n) is 5.13. The van der Waals surface area contributed by atoms with Crippen molar-refractivity contribution in [3.05, 3.63) is 0 Å². The summed E-state index contributed by atoms with van der Waals surface area (Å²) in [5.41, 5.74) is 0. The molecule has 0 aromatic heterocycles. The molecule has 1 fully saturated rings. The number of hydrogen-bond acceptors (Lipinski definition) is 2. The van der Waals surface area contributed by atoms with Crippen LogP contribution in [0.2, 0.25) is 0 Å². The number of nitrogens with one attached hydrogen (secondary N) is 1. The maximum absolute atomic E-state index is 3.60. The molecule has 0 radical (unpaired) electrons. The van der Waals surface area contributed by atoms with Gasteiger partial charge in [-0.3, -0.25) is 0 Å². The predicted molar refractivity (Wildman–Crippen MR) is 71.9 cm³/mol. The Morgan fingerprint density at radius 1 is 0.938 bits per heavy atom. The Kier molecular flexibility index (Phi) is 7.87. The highest BCUT2D eigenvalue weighted by Crippen LogP contribution is 2.18. The van der Waals surface area contributed by atoms with E-state index in [9.17, 15) is 0 Å². The van der Waals surface area contributed by atoms with Gasteiger partial charge in [-0.25, -0.2) is 0 Å². The van der Waals surface area contributed by atoms with Gasteiger partial charge in [0.05, 0.1) is 0 Å². The van der Waals surface area contributed by atoms with Crippen molar-refractivity contribution >= 4 is 0 Å². The Morgan fingerprint density at radius 2 is 1.50 bits per heavy atom. The van der Waals surface area contributed by atoms with E-state index in [4.69, 9.17) is 0 Å². The van der Waals surface area contributed by atoms with E-state index in [2.05, 4.69) is 24.1 Å². The van der Waals surface area contributed by atoms with Crippen LogP contribution in [-0.4, -0.2) is 37.1 Å². The zero-order valence-electron chi connectivity index (χ0n) is 11.3. The standard InChI is InChI=1S/C14H30N2/c1-3-5-11-16(12-6-4-2)13-7-10-15-14-8-9-14/h14-15H,3-13H2,1-2H3. The molecule has 1 aliphatic rings. The molecule has 0 heterocycles. The van der Waals surface area contributed by atoms with Gasteiger partial charge in [-0.1, -0.05) is 26.7 Å². The Balaban J connectivity index is 1.99. The summed E-state index contributed by atoms with van der Waals surface area (Å²) in [6.45, 7) is 9.69. The summed E-state index contributed by atoms with van der Waals surface area (Å²) in [4.78, 5) is 2.65. The Bertz CT molecular complexity index is 147. The van der Waals surface area contributed by atoms with Crippen molar-refractivity contribution in [1.82, 2.24) is 10.2 Å². The maximum Gasteiger partial charge on any atom is 0.00682 e. The molecule has 96 valence electrons.